The van der Waals surface area contributed by atoms with Crippen LogP contribution in [0.2, 0.25) is 0 Å². The van der Waals surface area contributed by atoms with Gasteiger partial charge >= 0.3 is 11.9 Å². The molecule has 2 aliphatic rings. The lowest BCUT2D eigenvalue weighted by Gasteiger charge is -2.37. The van der Waals surface area contributed by atoms with Crippen molar-refractivity contribution in [1.29, 1.82) is 0 Å². The summed E-state index contributed by atoms with van der Waals surface area (Å²) in [4.78, 5) is 42.3. The van der Waals surface area contributed by atoms with Crippen molar-refractivity contribution in [3.05, 3.63) is 107 Å². The first-order valence-electron chi connectivity index (χ1n) is 16.1. The molecule has 0 bridgehead atoms. The minimum absolute atomic E-state index is 0.0386. The van der Waals surface area contributed by atoms with Crippen LogP contribution in [0.4, 0.5) is 0 Å². The maximum absolute atomic E-state index is 14.0. The first-order chi connectivity index (χ1) is 23.6. The number of carbonyl (C=O) groups excluding carboxylic acids is 2. The van der Waals surface area contributed by atoms with E-state index in [0.29, 0.717) is 68.5 Å². The van der Waals surface area contributed by atoms with E-state index < -0.39 is 29.2 Å². The summed E-state index contributed by atoms with van der Waals surface area (Å²) in [6, 6.07) is 23.4. The molecule has 10 nitrogen and oxygen atoms in total. The molecule has 0 saturated carbocycles. The van der Waals surface area contributed by atoms with Gasteiger partial charge < -0.3 is 33.7 Å². The van der Waals surface area contributed by atoms with Crippen molar-refractivity contribution in [1.82, 2.24) is 4.90 Å². The van der Waals surface area contributed by atoms with Crippen LogP contribution in [0.3, 0.4) is 0 Å². The Balaban J connectivity index is 1.70. The van der Waals surface area contributed by atoms with Gasteiger partial charge in [-0.3, -0.25) is 9.59 Å². The molecular formula is C39H39NO9. The fourth-order valence-corrected chi connectivity index (χ4v) is 7.23. The zero-order chi connectivity index (χ0) is 34.9. The SMILES string of the molecule is CCCOc1ccc2c(c1)C(c1ccc(OC)cc1-c1ccccc1C(=O)OC)C(C(=O)O)C2(CC(=O)N(C)C)c1ccc2c(c1)OCO2. The lowest BCUT2D eigenvalue weighted by molar-refractivity contribution is -0.144. The summed E-state index contributed by atoms with van der Waals surface area (Å²) in [7, 11) is 6.18. The van der Waals surface area contributed by atoms with Crippen molar-refractivity contribution in [2.75, 3.05) is 41.7 Å². The predicted molar refractivity (Wildman–Crippen MR) is 182 cm³/mol. The van der Waals surface area contributed by atoms with Crippen LogP contribution in [-0.2, 0) is 19.7 Å². The van der Waals surface area contributed by atoms with Crippen molar-refractivity contribution < 1.29 is 43.2 Å². The van der Waals surface area contributed by atoms with Crippen LogP contribution in [0.15, 0.2) is 78.9 Å². The average Bonchev–Trinajstić information content (AvgIpc) is 3.70. The molecule has 1 amide bonds. The quantitative estimate of drug-likeness (QED) is 0.185. The highest BCUT2D eigenvalue weighted by Crippen LogP contribution is 2.61. The minimum atomic E-state index is -1.35. The van der Waals surface area contributed by atoms with Gasteiger partial charge in [0.05, 0.1) is 32.3 Å². The Kier molecular flexibility index (Phi) is 9.23. The molecule has 10 heteroatoms. The Morgan fingerprint density at radius 1 is 0.878 bits per heavy atom. The summed E-state index contributed by atoms with van der Waals surface area (Å²) < 4.78 is 28.2. The van der Waals surface area contributed by atoms with Crippen molar-refractivity contribution in [3.63, 3.8) is 0 Å². The molecular weight excluding hydrogens is 626 g/mol. The maximum atomic E-state index is 14.0. The fourth-order valence-electron chi connectivity index (χ4n) is 7.23. The van der Waals surface area contributed by atoms with Crippen LogP contribution >= 0.6 is 0 Å². The van der Waals surface area contributed by atoms with Crippen molar-refractivity contribution in [3.8, 4) is 34.1 Å². The molecule has 4 aromatic carbocycles. The monoisotopic (exact) mass is 665 g/mol. The van der Waals surface area contributed by atoms with E-state index in [1.54, 1.807) is 63.7 Å². The van der Waals surface area contributed by atoms with E-state index >= 15 is 0 Å². The number of rotatable bonds is 11. The normalized spacial score (nSPS) is 18.8. The van der Waals surface area contributed by atoms with Gasteiger partial charge in [-0.15, -0.1) is 0 Å². The van der Waals surface area contributed by atoms with Gasteiger partial charge in [-0.05, 0) is 82.3 Å². The van der Waals surface area contributed by atoms with Crippen LogP contribution in [-0.4, -0.2) is 69.6 Å². The second-order valence-electron chi connectivity index (χ2n) is 12.4. The van der Waals surface area contributed by atoms with Gasteiger partial charge in [0.15, 0.2) is 11.5 Å². The molecule has 0 aromatic heterocycles. The predicted octanol–water partition coefficient (Wildman–Crippen LogP) is 6.28. The highest BCUT2D eigenvalue weighted by atomic mass is 16.7. The zero-order valence-corrected chi connectivity index (χ0v) is 28.1. The molecule has 4 aromatic rings. The number of nitrogens with zero attached hydrogens (tertiary/aromatic N) is 1. The van der Waals surface area contributed by atoms with Crippen molar-refractivity contribution in [2.45, 2.75) is 31.1 Å². The number of aliphatic carboxylic acids is 1. The number of carboxylic acid groups (broad SMARTS) is 1. The Morgan fingerprint density at radius 2 is 1.63 bits per heavy atom. The van der Waals surface area contributed by atoms with E-state index in [-0.39, 0.29) is 19.1 Å². The molecule has 1 aliphatic heterocycles. The first kappa shape index (κ1) is 33.4. The third-order valence-electron chi connectivity index (χ3n) is 9.48. The van der Waals surface area contributed by atoms with E-state index in [1.165, 1.54) is 12.0 Å². The van der Waals surface area contributed by atoms with Crippen molar-refractivity contribution >= 4 is 17.8 Å². The number of amides is 1. The largest absolute Gasteiger partial charge is 0.497 e. The third-order valence-corrected chi connectivity index (χ3v) is 9.48. The lowest BCUT2D eigenvalue weighted by atomic mass is 9.64. The number of methoxy groups -OCH3 is 2. The van der Waals surface area contributed by atoms with E-state index in [2.05, 4.69) is 0 Å². The average molecular weight is 666 g/mol. The second kappa shape index (κ2) is 13.5. The highest BCUT2D eigenvalue weighted by molar-refractivity contribution is 5.98. The second-order valence-corrected chi connectivity index (χ2v) is 12.4. The summed E-state index contributed by atoms with van der Waals surface area (Å²) in [5.41, 5.74) is 2.75. The molecule has 1 N–H and O–H groups in total. The van der Waals surface area contributed by atoms with E-state index in [0.717, 1.165) is 6.42 Å². The summed E-state index contributed by atoms with van der Waals surface area (Å²) >= 11 is 0. The van der Waals surface area contributed by atoms with Crippen LogP contribution in [0.25, 0.3) is 11.1 Å². The molecule has 254 valence electrons. The van der Waals surface area contributed by atoms with Gasteiger partial charge in [-0.2, -0.15) is 0 Å². The number of esters is 1. The molecule has 3 unspecified atom stereocenters. The number of carbonyl (C=O) groups is 3. The Bertz CT molecular complexity index is 1920. The van der Waals surface area contributed by atoms with Crippen LogP contribution in [0.5, 0.6) is 23.0 Å². The van der Waals surface area contributed by atoms with E-state index in [9.17, 15) is 19.5 Å². The number of fused-ring (bicyclic) bond motifs is 2. The molecule has 0 fully saturated rings. The topological polar surface area (TPSA) is 121 Å². The standard InChI is InChI=1S/C39H39NO9/c1-6-17-47-25-13-15-31-30(20-25)35(27-14-12-24(45-4)19-29(27)26-9-7-8-10-28(26)38(44)46-5)36(37(42)43)39(31,21-34(41)40(2)3)23-11-16-32-33(18-23)49-22-48-32/h7-16,18-20,35-36H,6,17,21-22H2,1-5H3,(H,42,43). The number of carboxylic acids is 1. The minimum Gasteiger partial charge on any atom is -0.497 e. The molecule has 0 spiro atoms. The summed E-state index contributed by atoms with van der Waals surface area (Å²) in [5, 5.41) is 11.4. The Hall–Kier alpha value is -5.51. The van der Waals surface area contributed by atoms with Gasteiger partial charge in [0.25, 0.3) is 0 Å². The highest BCUT2D eigenvalue weighted by Gasteiger charge is 2.59. The van der Waals surface area contributed by atoms with Gasteiger partial charge in [-0.1, -0.05) is 43.3 Å². The van der Waals surface area contributed by atoms with Crippen LogP contribution < -0.4 is 18.9 Å². The van der Waals surface area contributed by atoms with Gasteiger partial charge in [-0.25, -0.2) is 4.79 Å². The first-order valence-corrected chi connectivity index (χ1v) is 16.1. The maximum Gasteiger partial charge on any atom is 0.338 e. The Morgan fingerprint density at radius 3 is 2.35 bits per heavy atom. The smallest absolute Gasteiger partial charge is 0.338 e. The summed E-state index contributed by atoms with van der Waals surface area (Å²) in [6.45, 7) is 2.52. The van der Waals surface area contributed by atoms with Crippen LogP contribution in [0.1, 0.15) is 58.3 Å². The van der Waals surface area contributed by atoms with Crippen molar-refractivity contribution in [2.24, 2.45) is 5.92 Å². The molecule has 0 radical (unpaired) electrons. The zero-order valence-electron chi connectivity index (χ0n) is 28.1. The molecule has 3 atom stereocenters. The summed E-state index contributed by atoms with van der Waals surface area (Å²) in [6.07, 6.45) is 0.642. The Labute approximate surface area is 285 Å². The van der Waals surface area contributed by atoms with E-state index in [4.69, 9.17) is 23.7 Å². The third kappa shape index (κ3) is 5.81. The molecule has 0 saturated heterocycles. The molecule has 1 heterocycles. The number of hydrogen-bond acceptors (Lipinski definition) is 8. The van der Waals surface area contributed by atoms with E-state index in [1.807, 2.05) is 43.3 Å². The number of hydrogen-bond donors (Lipinski definition) is 1. The van der Waals surface area contributed by atoms with Gasteiger partial charge in [0, 0.05) is 31.8 Å². The van der Waals surface area contributed by atoms with Gasteiger partial charge in [0.1, 0.15) is 11.5 Å². The summed E-state index contributed by atoms with van der Waals surface area (Å²) in [5.74, 6) is -1.74. The fraction of sp³-hybridized carbons (Fsp3) is 0.308. The van der Waals surface area contributed by atoms with Gasteiger partial charge in [0.2, 0.25) is 12.7 Å². The molecule has 49 heavy (non-hydrogen) atoms. The molecule has 6 rings (SSSR count). The number of ether oxygens (including phenoxy) is 5. The lowest BCUT2D eigenvalue weighted by Crippen LogP contribution is -2.43. The number of benzene rings is 4. The van der Waals surface area contributed by atoms with Crippen LogP contribution in [0, 0.1) is 5.92 Å². The molecule has 1 aliphatic carbocycles.